The lowest BCUT2D eigenvalue weighted by Gasteiger charge is -2.37. The number of nitrogens with two attached hydrogens (primary N) is 1. The molecule has 12 heavy (non-hydrogen) atoms. The molecule has 0 radical (unpaired) electrons. The highest BCUT2D eigenvalue weighted by Crippen LogP contribution is 2.42. The number of rotatable bonds is 1. The van der Waals surface area contributed by atoms with Gasteiger partial charge in [0.15, 0.2) is 0 Å². The van der Waals surface area contributed by atoms with E-state index in [1.165, 1.54) is 38.5 Å². The molecule has 2 rings (SSSR count). The van der Waals surface area contributed by atoms with E-state index in [2.05, 4.69) is 0 Å². The standard InChI is InChI=1S/C10H19NO/c11-8-9-4-7-12-10(9)5-2-1-3-6-10/h9H,1-8,11H2. The molecule has 0 amide bonds. The second kappa shape index (κ2) is 3.35. The zero-order chi connectivity index (χ0) is 8.44. The molecular weight excluding hydrogens is 150 g/mol. The van der Waals surface area contributed by atoms with Crippen molar-refractivity contribution in [1.29, 1.82) is 0 Å². The summed E-state index contributed by atoms with van der Waals surface area (Å²) in [7, 11) is 0. The Morgan fingerprint density at radius 1 is 1.25 bits per heavy atom. The summed E-state index contributed by atoms with van der Waals surface area (Å²) in [4.78, 5) is 0. The molecule has 1 aliphatic carbocycles. The quantitative estimate of drug-likeness (QED) is 0.648. The summed E-state index contributed by atoms with van der Waals surface area (Å²) in [5.74, 6) is 0.651. The second-order valence-electron chi connectivity index (χ2n) is 4.20. The van der Waals surface area contributed by atoms with Gasteiger partial charge in [0.2, 0.25) is 0 Å². The summed E-state index contributed by atoms with van der Waals surface area (Å²) in [6, 6.07) is 0. The van der Waals surface area contributed by atoms with Crippen LogP contribution in [0.25, 0.3) is 0 Å². The van der Waals surface area contributed by atoms with Crippen molar-refractivity contribution in [3.8, 4) is 0 Å². The van der Waals surface area contributed by atoms with Crippen LogP contribution in [0, 0.1) is 5.92 Å². The molecule has 1 atom stereocenters. The lowest BCUT2D eigenvalue weighted by Crippen LogP contribution is -2.40. The van der Waals surface area contributed by atoms with Gasteiger partial charge in [-0.3, -0.25) is 0 Å². The van der Waals surface area contributed by atoms with Crippen LogP contribution in [0.4, 0.5) is 0 Å². The third-order valence-corrected chi connectivity index (χ3v) is 3.58. The lowest BCUT2D eigenvalue weighted by atomic mass is 9.76. The largest absolute Gasteiger partial charge is 0.375 e. The fourth-order valence-corrected chi connectivity index (χ4v) is 2.82. The first kappa shape index (κ1) is 8.52. The molecule has 1 saturated heterocycles. The second-order valence-corrected chi connectivity index (χ2v) is 4.20. The molecule has 1 saturated carbocycles. The van der Waals surface area contributed by atoms with Crippen LogP contribution in [0.15, 0.2) is 0 Å². The smallest absolute Gasteiger partial charge is 0.0723 e. The van der Waals surface area contributed by atoms with Crippen LogP contribution in [0.1, 0.15) is 38.5 Å². The average Bonchev–Trinajstić information content (AvgIpc) is 2.49. The van der Waals surface area contributed by atoms with E-state index < -0.39 is 0 Å². The normalized spacial score (nSPS) is 34.2. The van der Waals surface area contributed by atoms with Crippen molar-refractivity contribution in [2.75, 3.05) is 13.2 Å². The van der Waals surface area contributed by atoms with E-state index in [-0.39, 0.29) is 5.60 Å². The van der Waals surface area contributed by atoms with E-state index in [1.54, 1.807) is 0 Å². The average molecular weight is 169 g/mol. The zero-order valence-corrected chi connectivity index (χ0v) is 7.72. The van der Waals surface area contributed by atoms with Crippen molar-refractivity contribution >= 4 is 0 Å². The molecule has 1 unspecified atom stereocenters. The van der Waals surface area contributed by atoms with Crippen LogP contribution in [0.5, 0.6) is 0 Å². The topological polar surface area (TPSA) is 35.2 Å². The molecule has 0 aromatic carbocycles. The minimum atomic E-state index is 0.215. The molecule has 70 valence electrons. The molecule has 2 aliphatic rings. The van der Waals surface area contributed by atoms with E-state index in [0.29, 0.717) is 5.92 Å². The van der Waals surface area contributed by atoms with Gasteiger partial charge in [0.25, 0.3) is 0 Å². The van der Waals surface area contributed by atoms with Gasteiger partial charge in [0.05, 0.1) is 5.60 Å². The zero-order valence-electron chi connectivity index (χ0n) is 7.72. The van der Waals surface area contributed by atoms with Crippen LogP contribution in [-0.4, -0.2) is 18.8 Å². The van der Waals surface area contributed by atoms with Gasteiger partial charge in [-0.25, -0.2) is 0 Å². The first-order valence-electron chi connectivity index (χ1n) is 5.21. The Kier molecular flexibility index (Phi) is 2.37. The van der Waals surface area contributed by atoms with Gasteiger partial charge in [-0.2, -0.15) is 0 Å². The highest BCUT2D eigenvalue weighted by molar-refractivity contribution is 4.94. The molecule has 2 N–H and O–H groups in total. The van der Waals surface area contributed by atoms with Gasteiger partial charge in [-0.15, -0.1) is 0 Å². The Balaban J connectivity index is 2.05. The molecule has 0 aromatic heterocycles. The molecule has 1 spiro atoms. The molecule has 1 aliphatic heterocycles. The van der Waals surface area contributed by atoms with Gasteiger partial charge in [-0.05, 0) is 25.8 Å². The van der Waals surface area contributed by atoms with E-state index >= 15 is 0 Å². The Morgan fingerprint density at radius 2 is 2.00 bits per heavy atom. The molecule has 0 aromatic rings. The third kappa shape index (κ3) is 1.27. The molecule has 2 fully saturated rings. The molecule has 2 heteroatoms. The fraction of sp³-hybridized carbons (Fsp3) is 1.00. The summed E-state index contributed by atoms with van der Waals surface area (Å²) in [6.07, 6.45) is 7.79. The minimum absolute atomic E-state index is 0.215. The van der Waals surface area contributed by atoms with E-state index in [0.717, 1.165) is 13.2 Å². The lowest BCUT2D eigenvalue weighted by molar-refractivity contribution is -0.0477. The predicted molar refractivity (Wildman–Crippen MR) is 48.9 cm³/mol. The summed E-state index contributed by atoms with van der Waals surface area (Å²) >= 11 is 0. The van der Waals surface area contributed by atoms with Crippen molar-refractivity contribution in [2.24, 2.45) is 11.7 Å². The monoisotopic (exact) mass is 169 g/mol. The van der Waals surface area contributed by atoms with Crippen LogP contribution in [-0.2, 0) is 4.74 Å². The molecule has 1 heterocycles. The van der Waals surface area contributed by atoms with Crippen molar-refractivity contribution < 1.29 is 4.74 Å². The Hall–Kier alpha value is -0.0800. The van der Waals surface area contributed by atoms with E-state index in [1.807, 2.05) is 0 Å². The number of ether oxygens (including phenoxy) is 1. The maximum Gasteiger partial charge on any atom is 0.0723 e. The molecular formula is C10H19NO. The van der Waals surface area contributed by atoms with Crippen LogP contribution in [0.3, 0.4) is 0 Å². The number of hydrogen-bond donors (Lipinski definition) is 1. The van der Waals surface area contributed by atoms with Crippen molar-refractivity contribution in [2.45, 2.75) is 44.1 Å². The van der Waals surface area contributed by atoms with Crippen molar-refractivity contribution in [3.05, 3.63) is 0 Å². The SMILES string of the molecule is NCC1CCOC12CCCCC2. The molecule has 0 bridgehead atoms. The predicted octanol–water partition coefficient (Wildman–Crippen LogP) is 1.68. The van der Waals surface area contributed by atoms with E-state index in [9.17, 15) is 0 Å². The highest BCUT2D eigenvalue weighted by Gasteiger charge is 2.43. The van der Waals surface area contributed by atoms with Gasteiger partial charge in [0.1, 0.15) is 0 Å². The third-order valence-electron chi connectivity index (χ3n) is 3.58. The van der Waals surface area contributed by atoms with Gasteiger partial charge in [-0.1, -0.05) is 19.3 Å². The van der Waals surface area contributed by atoms with Gasteiger partial charge >= 0.3 is 0 Å². The minimum Gasteiger partial charge on any atom is -0.375 e. The summed E-state index contributed by atoms with van der Waals surface area (Å²) < 4.78 is 5.90. The fourth-order valence-electron chi connectivity index (χ4n) is 2.82. The maximum absolute atomic E-state index is 5.90. The summed E-state index contributed by atoms with van der Waals surface area (Å²) in [6.45, 7) is 1.77. The number of hydrogen-bond acceptors (Lipinski definition) is 2. The van der Waals surface area contributed by atoms with Crippen LogP contribution < -0.4 is 5.73 Å². The first-order chi connectivity index (χ1) is 5.87. The van der Waals surface area contributed by atoms with Crippen LogP contribution >= 0.6 is 0 Å². The summed E-state index contributed by atoms with van der Waals surface area (Å²) in [5.41, 5.74) is 5.97. The van der Waals surface area contributed by atoms with Gasteiger partial charge < -0.3 is 10.5 Å². The summed E-state index contributed by atoms with van der Waals surface area (Å²) in [5, 5.41) is 0. The van der Waals surface area contributed by atoms with Gasteiger partial charge in [0, 0.05) is 12.5 Å². The Labute approximate surface area is 74.5 Å². The first-order valence-corrected chi connectivity index (χ1v) is 5.21. The molecule has 2 nitrogen and oxygen atoms in total. The van der Waals surface area contributed by atoms with Crippen LogP contribution in [0.2, 0.25) is 0 Å². The Morgan fingerprint density at radius 3 is 2.67 bits per heavy atom. The maximum atomic E-state index is 5.90. The highest BCUT2D eigenvalue weighted by atomic mass is 16.5. The Bertz CT molecular complexity index is 152. The van der Waals surface area contributed by atoms with Crippen molar-refractivity contribution in [1.82, 2.24) is 0 Å². The van der Waals surface area contributed by atoms with Crippen molar-refractivity contribution in [3.63, 3.8) is 0 Å². The van der Waals surface area contributed by atoms with E-state index in [4.69, 9.17) is 10.5 Å².